The normalized spacial score (nSPS) is 15.0. The number of ether oxygens (including phenoxy) is 1. The number of nitrogens with zero attached hydrogens (tertiary/aromatic N) is 1. The van der Waals surface area contributed by atoms with Crippen molar-refractivity contribution in [2.24, 2.45) is 5.73 Å². The molecule has 16 heavy (non-hydrogen) atoms. The number of rotatable bonds is 3. The quantitative estimate of drug-likeness (QED) is 0.891. The van der Waals surface area contributed by atoms with Crippen molar-refractivity contribution < 1.29 is 4.74 Å². The van der Waals surface area contributed by atoms with Gasteiger partial charge in [0, 0.05) is 12.0 Å². The molecule has 1 aromatic heterocycles. The van der Waals surface area contributed by atoms with Crippen molar-refractivity contribution in [1.82, 2.24) is 4.98 Å². The maximum Gasteiger partial charge on any atom is 0.120 e. The Labute approximate surface area is 99.3 Å². The molecule has 0 amide bonds. The molecule has 0 saturated heterocycles. The van der Waals surface area contributed by atoms with Crippen LogP contribution in [0, 0.1) is 0 Å². The van der Waals surface area contributed by atoms with Gasteiger partial charge in [0.1, 0.15) is 5.75 Å². The van der Waals surface area contributed by atoms with Crippen LogP contribution in [-0.4, -0.2) is 18.1 Å². The van der Waals surface area contributed by atoms with Gasteiger partial charge in [-0.3, -0.25) is 0 Å². The zero-order chi connectivity index (χ0) is 11.7. The number of nitrogens with two attached hydrogens (primary N) is 1. The van der Waals surface area contributed by atoms with E-state index in [9.17, 15) is 0 Å². The second-order valence-electron chi connectivity index (χ2n) is 4.03. The number of methoxy groups -OCH3 is 1. The Morgan fingerprint density at radius 3 is 2.75 bits per heavy atom. The van der Waals surface area contributed by atoms with Gasteiger partial charge in [-0.15, -0.1) is 11.3 Å². The molecule has 0 saturated carbocycles. The third kappa shape index (κ3) is 2.03. The number of benzene rings is 1. The van der Waals surface area contributed by atoms with Gasteiger partial charge in [0.2, 0.25) is 0 Å². The molecule has 2 N–H and O–H groups in total. The van der Waals surface area contributed by atoms with Crippen molar-refractivity contribution in [3.05, 3.63) is 23.2 Å². The largest absolute Gasteiger partial charge is 0.497 e. The first-order valence-electron chi connectivity index (χ1n) is 5.32. The first-order valence-corrected chi connectivity index (χ1v) is 6.13. The lowest BCUT2D eigenvalue weighted by Gasteiger charge is -2.11. The standard InChI is InChI=1S/C12H16N2OS/c1-7(8(2)13)12-14-10-5-4-9(15-3)6-11(10)16-12/h4-8H,13H2,1-3H3. The highest BCUT2D eigenvalue weighted by molar-refractivity contribution is 7.18. The lowest BCUT2D eigenvalue weighted by Crippen LogP contribution is -2.22. The summed E-state index contributed by atoms with van der Waals surface area (Å²) in [6.07, 6.45) is 0. The Morgan fingerprint density at radius 2 is 2.12 bits per heavy atom. The zero-order valence-electron chi connectivity index (χ0n) is 9.73. The van der Waals surface area contributed by atoms with Crippen LogP contribution in [0.25, 0.3) is 10.2 Å². The van der Waals surface area contributed by atoms with Crippen molar-refractivity contribution in [1.29, 1.82) is 0 Å². The maximum atomic E-state index is 5.89. The molecule has 0 bridgehead atoms. The lowest BCUT2D eigenvalue weighted by atomic mass is 10.1. The predicted octanol–water partition coefficient (Wildman–Crippen LogP) is 2.76. The summed E-state index contributed by atoms with van der Waals surface area (Å²) in [5.74, 6) is 1.17. The molecule has 1 heterocycles. The Kier molecular flexibility index (Phi) is 3.12. The molecule has 0 aliphatic rings. The second-order valence-corrected chi connectivity index (χ2v) is 5.10. The molecule has 4 heteroatoms. The van der Waals surface area contributed by atoms with Gasteiger partial charge in [0.15, 0.2) is 0 Å². The van der Waals surface area contributed by atoms with E-state index >= 15 is 0 Å². The highest BCUT2D eigenvalue weighted by atomic mass is 32.1. The first kappa shape index (κ1) is 11.4. The Morgan fingerprint density at radius 1 is 1.38 bits per heavy atom. The molecule has 2 atom stereocenters. The molecule has 2 unspecified atom stereocenters. The third-order valence-electron chi connectivity index (χ3n) is 2.79. The molecule has 1 aromatic carbocycles. The smallest absolute Gasteiger partial charge is 0.120 e. The number of hydrogen-bond acceptors (Lipinski definition) is 4. The first-order chi connectivity index (χ1) is 7.61. The van der Waals surface area contributed by atoms with E-state index in [0.717, 1.165) is 21.0 Å². The molecule has 86 valence electrons. The number of aromatic nitrogens is 1. The summed E-state index contributed by atoms with van der Waals surface area (Å²) >= 11 is 1.69. The minimum Gasteiger partial charge on any atom is -0.497 e. The Hall–Kier alpha value is -1.13. The van der Waals surface area contributed by atoms with Crippen molar-refractivity contribution in [2.45, 2.75) is 25.8 Å². The minimum atomic E-state index is 0.127. The van der Waals surface area contributed by atoms with Crippen LogP contribution < -0.4 is 10.5 Å². The summed E-state index contributed by atoms with van der Waals surface area (Å²) < 4.78 is 6.35. The number of hydrogen-bond donors (Lipinski definition) is 1. The molecule has 0 radical (unpaired) electrons. The molecule has 0 aliphatic carbocycles. The number of fused-ring (bicyclic) bond motifs is 1. The second kappa shape index (κ2) is 4.39. The summed E-state index contributed by atoms with van der Waals surface area (Å²) in [5, 5.41) is 1.10. The van der Waals surface area contributed by atoms with Crippen LogP contribution >= 0.6 is 11.3 Å². The van der Waals surface area contributed by atoms with Gasteiger partial charge in [0.25, 0.3) is 0 Å². The van der Waals surface area contributed by atoms with Gasteiger partial charge in [-0.25, -0.2) is 4.98 Å². The van der Waals surface area contributed by atoms with Crippen LogP contribution in [0.5, 0.6) is 5.75 Å². The third-order valence-corrected chi connectivity index (χ3v) is 4.01. The SMILES string of the molecule is COc1ccc2nc(C(C)C(C)N)sc2c1. The fourth-order valence-electron chi connectivity index (χ4n) is 1.47. The fourth-order valence-corrected chi connectivity index (χ4v) is 2.63. The van der Waals surface area contributed by atoms with E-state index < -0.39 is 0 Å². The molecule has 3 nitrogen and oxygen atoms in total. The maximum absolute atomic E-state index is 5.89. The van der Waals surface area contributed by atoms with E-state index in [1.165, 1.54) is 0 Å². The molecule has 0 aliphatic heterocycles. The van der Waals surface area contributed by atoms with E-state index in [-0.39, 0.29) is 6.04 Å². The molecule has 0 spiro atoms. The predicted molar refractivity (Wildman–Crippen MR) is 68.2 cm³/mol. The van der Waals surface area contributed by atoms with Crippen molar-refractivity contribution in [2.75, 3.05) is 7.11 Å². The molecule has 0 fully saturated rings. The Bertz CT molecular complexity index is 493. The van der Waals surface area contributed by atoms with Crippen LogP contribution in [0.3, 0.4) is 0 Å². The summed E-state index contributed by atoms with van der Waals surface area (Å²) in [5.41, 5.74) is 6.91. The van der Waals surface area contributed by atoms with Gasteiger partial charge in [-0.2, -0.15) is 0 Å². The van der Waals surface area contributed by atoms with Crippen molar-refractivity contribution in [3.8, 4) is 5.75 Å². The molecule has 2 aromatic rings. The average Bonchev–Trinajstić information content (AvgIpc) is 2.69. The van der Waals surface area contributed by atoms with Crippen molar-refractivity contribution in [3.63, 3.8) is 0 Å². The topological polar surface area (TPSA) is 48.1 Å². The highest BCUT2D eigenvalue weighted by Gasteiger charge is 2.15. The van der Waals surface area contributed by atoms with Gasteiger partial charge in [-0.05, 0) is 25.1 Å². The lowest BCUT2D eigenvalue weighted by molar-refractivity contribution is 0.415. The van der Waals surface area contributed by atoms with Crippen molar-refractivity contribution >= 4 is 21.6 Å². The molecular weight excluding hydrogens is 220 g/mol. The summed E-state index contributed by atoms with van der Waals surface area (Å²) in [4.78, 5) is 4.59. The minimum absolute atomic E-state index is 0.127. The van der Waals surface area contributed by atoms with Crippen LogP contribution in [0.4, 0.5) is 0 Å². The van der Waals surface area contributed by atoms with Gasteiger partial charge in [0.05, 0.1) is 22.3 Å². The van der Waals surface area contributed by atoms with E-state index in [1.54, 1.807) is 18.4 Å². The van der Waals surface area contributed by atoms with Crippen LogP contribution in [0.15, 0.2) is 18.2 Å². The fraction of sp³-hybridized carbons (Fsp3) is 0.417. The van der Waals surface area contributed by atoms with E-state index in [1.807, 2.05) is 25.1 Å². The van der Waals surface area contributed by atoms with E-state index in [0.29, 0.717) is 5.92 Å². The van der Waals surface area contributed by atoms with E-state index in [2.05, 4.69) is 11.9 Å². The van der Waals surface area contributed by atoms with Gasteiger partial charge < -0.3 is 10.5 Å². The monoisotopic (exact) mass is 236 g/mol. The summed E-state index contributed by atoms with van der Waals surface area (Å²) in [6, 6.07) is 6.07. The van der Waals surface area contributed by atoms with E-state index in [4.69, 9.17) is 10.5 Å². The zero-order valence-corrected chi connectivity index (χ0v) is 10.5. The van der Waals surface area contributed by atoms with Gasteiger partial charge >= 0.3 is 0 Å². The van der Waals surface area contributed by atoms with Crippen LogP contribution in [-0.2, 0) is 0 Å². The van der Waals surface area contributed by atoms with Crippen LogP contribution in [0.2, 0.25) is 0 Å². The van der Waals surface area contributed by atoms with Gasteiger partial charge in [-0.1, -0.05) is 6.92 Å². The highest BCUT2D eigenvalue weighted by Crippen LogP contribution is 2.30. The molecule has 2 rings (SSSR count). The number of thiazole rings is 1. The Balaban J connectivity index is 2.43. The summed E-state index contributed by atoms with van der Waals surface area (Å²) in [7, 11) is 1.67. The van der Waals surface area contributed by atoms with Crippen LogP contribution in [0.1, 0.15) is 24.8 Å². The summed E-state index contributed by atoms with van der Waals surface area (Å²) in [6.45, 7) is 4.12. The molecular formula is C12H16N2OS. The average molecular weight is 236 g/mol.